The molecule has 0 atom stereocenters. The molecule has 2 rings (SSSR count). The van der Waals surface area contributed by atoms with Crippen LogP contribution >= 0.6 is 11.6 Å². The van der Waals surface area contributed by atoms with E-state index in [0.717, 1.165) is 19.6 Å². The molecule has 1 aromatic carbocycles. The van der Waals surface area contributed by atoms with Gasteiger partial charge in [0.1, 0.15) is 0 Å². The Balaban J connectivity index is 2.20. The van der Waals surface area contributed by atoms with Gasteiger partial charge >= 0.3 is 0 Å². The molecule has 2 nitrogen and oxygen atoms in total. The van der Waals surface area contributed by atoms with Crippen molar-refractivity contribution in [3.63, 3.8) is 0 Å². The summed E-state index contributed by atoms with van der Waals surface area (Å²) in [6.07, 6.45) is 1.23. The van der Waals surface area contributed by atoms with Crippen molar-refractivity contribution in [3.05, 3.63) is 29.3 Å². The number of benzene rings is 1. The van der Waals surface area contributed by atoms with Gasteiger partial charge < -0.3 is 9.80 Å². The molecule has 1 aromatic rings. The van der Waals surface area contributed by atoms with Crippen LogP contribution in [0.5, 0.6) is 0 Å². The molecule has 0 aromatic heterocycles. The van der Waals surface area contributed by atoms with Gasteiger partial charge in [-0.15, -0.1) is 11.6 Å². The van der Waals surface area contributed by atoms with Gasteiger partial charge in [-0.2, -0.15) is 0 Å². The standard InChI is InChI=1S/C14H21ClN2/c1-12-4-5-14(13(10-12)11-15)17-7-3-6-16(2)8-9-17/h4-5,10H,3,6-9,11H2,1-2H3. The zero-order chi connectivity index (χ0) is 12.3. The largest absolute Gasteiger partial charge is 0.370 e. The van der Waals surface area contributed by atoms with E-state index in [2.05, 4.69) is 42.0 Å². The number of halogens is 1. The first-order chi connectivity index (χ1) is 8.20. The molecular weight excluding hydrogens is 232 g/mol. The lowest BCUT2D eigenvalue weighted by Gasteiger charge is -2.25. The Hall–Kier alpha value is -0.730. The van der Waals surface area contributed by atoms with E-state index >= 15 is 0 Å². The van der Waals surface area contributed by atoms with E-state index in [1.807, 2.05) is 0 Å². The average molecular weight is 253 g/mol. The smallest absolute Gasteiger partial charge is 0.0494 e. The highest BCUT2D eigenvalue weighted by Crippen LogP contribution is 2.24. The summed E-state index contributed by atoms with van der Waals surface area (Å²) in [4.78, 5) is 4.87. The first kappa shape index (κ1) is 12.7. The van der Waals surface area contributed by atoms with Crippen LogP contribution in [0, 0.1) is 6.92 Å². The molecule has 0 unspecified atom stereocenters. The van der Waals surface area contributed by atoms with Crippen LogP contribution in [0.4, 0.5) is 5.69 Å². The third-order valence-electron chi connectivity index (χ3n) is 3.44. The molecule has 1 heterocycles. The Morgan fingerprint density at radius 3 is 2.76 bits per heavy atom. The van der Waals surface area contributed by atoms with Gasteiger partial charge in [0.25, 0.3) is 0 Å². The molecule has 0 aliphatic carbocycles. The summed E-state index contributed by atoms with van der Waals surface area (Å²) in [5.74, 6) is 0.601. The third kappa shape index (κ3) is 3.14. The number of hydrogen-bond donors (Lipinski definition) is 0. The summed E-state index contributed by atoms with van der Waals surface area (Å²) >= 11 is 6.06. The summed E-state index contributed by atoms with van der Waals surface area (Å²) in [6.45, 7) is 6.69. The molecule has 0 amide bonds. The Bertz CT molecular complexity index is 378. The SMILES string of the molecule is Cc1ccc(N2CCCN(C)CC2)c(CCl)c1. The van der Waals surface area contributed by atoms with Crippen LogP contribution < -0.4 is 4.90 Å². The predicted octanol–water partition coefficient (Wildman–Crippen LogP) is 2.88. The van der Waals surface area contributed by atoms with Crippen molar-refractivity contribution >= 4 is 17.3 Å². The molecule has 17 heavy (non-hydrogen) atoms. The normalized spacial score (nSPS) is 18.2. The van der Waals surface area contributed by atoms with Crippen LogP contribution in [0.25, 0.3) is 0 Å². The number of rotatable bonds is 2. The van der Waals surface area contributed by atoms with Gasteiger partial charge in [-0.25, -0.2) is 0 Å². The van der Waals surface area contributed by atoms with E-state index in [4.69, 9.17) is 11.6 Å². The number of alkyl halides is 1. The maximum atomic E-state index is 6.06. The second-order valence-electron chi connectivity index (χ2n) is 4.91. The van der Waals surface area contributed by atoms with Crippen LogP contribution in [-0.2, 0) is 5.88 Å². The van der Waals surface area contributed by atoms with Gasteiger partial charge in [-0.3, -0.25) is 0 Å². The zero-order valence-corrected chi connectivity index (χ0v) is 11.5. The molecule has 0 radical (unpaired) electrons. The van der Waals surface area contributed by atoms with E-state index < -0.39 is 0 Å². The molecule has 94 valence electrons. The molecule has 1 aliphatic rings. The Morgan fingerprint density at radius 1 is 1.18 bits per heavy atom. The van der Waals surface area contributed by atoms with Crippen LogP contribution in [0.3, 0.4) is 0 Å². The molecule has 0 N–H and O–H groups in total. The summed E-state index contributed by atoms with van der Waals surface area (Å²) in [7, 11) is 2.20. The van der Waals surface area contributed by atoms with Crippen LogP contribution in [-0.4, -0.2) is 38.1 Å². The predicted molar refractivity (Wildman–Crippen MR) is 75.1 cm³/mol. The zero-order valence-electron chi connectivity index (χ0n) is 10.7. The molecule has 1 aliphatic heterocycles. The van der Waals surface area contributed by atoms with Crippen LogP contribution in [0.1, 0.15) is 17.5 Å². The monoisotopic (exact) mass is 252 g/mol. The maximum absolute atomic E-state index is 6.06. The van der Waals surface area contributed by atoms with Crippen molar-refractivity contribution in [1.82, 2.24) is 4.90 Å². The van der Waals surface area contributed by atoms with E-state index in [-0.39, 0.29) is 0 Å². The Morgan fingerprint density at radius 2 is 2.00 bits per heavy atom. The van der Waals surface area contributed by atoms with E-state index in [1.165, 1.54) is 29.8 Å². The lowest BCUT2D eigenvalue weighted by atomic mass is 10.1. The first-order valence-corrected chi connectivity index (χ1v) is 6.83. The Kier molecular flexibility index (Phi) is 4.30. The number of nitrogens with zero attached hydrogens (tertiary/aromatic N) is 2. The fourth-order valence-corrected chi connectivity index (χ4v) is 2.63. The molecule has 0 bridgehead atoms. The van der Waals surface area contributed by atoms with Crippen LogP contribution in [0.15, 0.2) is 18.2 Å². The Labute approximate surface area is 109 Å². The quantitative estimate of drug-likeness (QED) is 0.747. The molecular formula is C14H21ClN2. The molecule has 0 spiro atoms. The fraction of sp³-hybridized carbons (Fsp3) is 0.571. The van der Waals surface area contributed by atoms with Gasteiger partial charge in [0.15, 0.2) is 0 Å². The minimum atomic E-state index is 0.601. The average Bonchev–Trinajstić information content (AvgIpc) is 2.54. The third-order valence-corrected chi connectivity index (χ3v) is 3.73. The molecule has 0 saturated carbocycles. The highest BCUT2D eigenvalue weighted by Gasteiger charge is 2.15. The lowest BCUT2D eigenvalue weighted by molar-refractivity contribution is 0.360. The highest BCUT2D eigenvalue weighted by molar-refractivity contribution is 6.17. The number of aryl methyl sites for hydroxylation is 1. The van der Waals surface area contributed by atoms with E-state index in [9.17, 15) is 0 Å². The van der Waals surface area contributed by atoms with Crippen molar-refractivity contribution in [3.8, 4) is 0 Å². The second-order valence-corrected chi connectivity index (χ2v) is 5.18. The minimum absolute atomic E-state index is 0.601. The van der Waals surface area contributed by atoms with Crippen molar-refractivity contribution in [2.45, 2.75) is 19.2 Å². The number of likely N-dealkylation sites (N-methyl/N-ethyl adjacent to an activating group) is 1. The lowest BCUT2D eigenvalue weighted by Crippen LogP contribution is -2.29. The minimum Gasteiger partial charge on any atom is -0.370 e. The summed E-state index contributed by atoms with van der Waals surface area (Å²) in [6, 6.07) is 6.61. The first-order valence-electron chi connectivity index (χ1n) is 6.29. The summed E-state index contributed by atoms with van der Waals surface area (Å²) in [5, 5.41) is 0. The van der Waals surface area contributed by atoms with Crippen molar-refractivity contribution < 1.29 is 0 Å². The summed E-state index contributed by atoms with van der Waals surface area (Å²) < 4.78 is 0. The second kappa shape index (κ2) is 5.74. The number of hydrogen-bond acceptors (Lipinski definition) is 2. The molecule has 3 heteroatoms. The van der Waals surface area contributed by atoms with Gasteiger partial charge in [-0.1, -0.05) is 17.7 Å². The van der Waals surface area contributed by atoms with Crippen molar-refractivity contribution in [2.75, 3.05) is 38.1 Å². The van der Waals surface area contributed by atoms with Crippen LogP contribution in [0.2, 0.25) is 0 Å². The van der Waals surface area contributed by atoms with Gasteiger partial charge in [-0.05, 0) is 38.6 Å². The van der Waals surface area contributed by atoms with Gasteiger partial charge in [0.2, 0.25) is 0 Å². The highest BCUT2D eigenvalue weighted by atomic mass is 35.5. The van der Waals surface area contributed by atoms with E-state index in [1.54, 1.807) is 0 Å². The molecule has 1 saturated heterocycles. The maximum Gasteiger partial charge on any atom is 0.0494 e. The molecule has 1 fully saturated rings. The van der Waals surface area contributed by atoms with Crippen molar-refractivity contribution in [1.29, 1.82) is 0 Å². The fourth-order valence-electron chi connectivity index (χ4n) is 2.42. The van der Waals surface area contributed by atoms with Gasteiger partial charge in [0, 0.05) is 31.2 Å². The van der Waals surface area contributed by atoms with Crippen molar-refractivity contribution in [2.24, 2.45) is 0 Å². The summed E-state index contributed by atoms with van der Waals surface area (Å²) in [5.41, 5.74) is 3.87. The van der Waals surface area contributed by atoms with Gasteiger partial charge in [0.05, 0.1) is 0 Å². The van der Waals surface area contributed by atoms with E-state index in [0.29, 0.717) is 5.88 Å². The number of anilines is 1. The topological polar surface area (TPSA) is 6.48 Å².